The molecule has 0 amide bonds. The van der Waals surface area contributed by atoms with Gasteiger partial charge in [-0.25, -0.2) is 4.98 Å². The molecule has 8 aromatic carbocycles. The fourth-order valence-corrected chi connectivity index (χ4v) is 8.19. The molecule has 0 fully saturated rings. The summed E-state index contributed by atoms with van der Waals surface area (Å²) >= 11 is 0. The van der Waals surface area contributed by atoms with Gasteiger partial charge in [0.15, 0.2) is 0 Å². The lowest BCUT2D eigenvalue weighted by atomic mass is 9.63. The number of rotatable bonds is 4. The van der Waals surface area contributed by atoms with E-state index in [-0.39, 0.29) is 5.46 Å². The van der Waals surface area contributed by atoms with Crippen molar-refractivity contribution in [3.63, 3.8) is 0 Å². The zero-order valence-electron chi connectivity index (χ0n) is 28.9. The molecule has 0 aliphatic rings. The quantitative estimate of drug-likeness (QED) is 0.142. The first-order chi connectivity index (χ1) is 25.9. The van der Waals surface area contributed by atoms with Gasteiger partial charge in [0.2, 0.25) is 0 Å². The third kappa shape index (κ3) is 4.63. The van der Waals surface area contributed by atoms with E-state index in [2.05, 4.69) is 114 Å². The minimum Gasteiger partial charge on any atom is -0.456 e. The highest BCUT2D eigenvalue weighted by molar-refractivity contribution is 6.64. The van der Waals surface area contributed by atoms with E-state index in [0.717, 1.165) is 99.4 Å². The molecule has 2 heterocycles. The Morgan fingerprint density at radius 2 is 1.17 bits per heavy atom. The van der Waals surface area contributed by atoms with Crippen molar-refractivity contribution in [2.45, 2.75) is 6.92 Å². The standard InChI is InChI=1S/C46H26B4N2O/c1-25-38(42(48)44(50)43(49)41(25)47)27-22-23-30-33(24-27)39(32-17-11-21-37-40(32)31-16-7-10-20-36(31)53-37)28-14-5-6-15-29(28)45(30)52-35-19-9-8-18-34(35)51-46(52)26-12-3-2-4-13-26/h2-24H,1H3. The summed E-state index contributed by atoms with van der Waals surface area (Å²) in [4.78, 5) is 5.23. The highest BCUT2D eigenvalue weighted by Crippen LogP contribution is 2.47. The van der Waals surface area contributed by atoms with Crippen LogP contribution < -0.4 is 21.9 Å². The van der Waals surface area contributed by atoms with Gasteiger partial charge in [-0.2, -0.15) is 0 Å². The van der Waals surface area contributed by atoms with Crippen molar-refractivity contribution in [2.75, 3.05) is 0 Å². The lowest BCUT2D eigenvalue weighted by Crippen LogP contribution is -2.49. The molecule has 8 radical (unpaired) electrons. The third-order valence-corrected chi connectivity index (χ3v) is 10.7. The SMILES string of the molecule is [B]c1c([B])c([B])c(-c2ccc3c(-n4c(-c5ccccc5)nc5ccccc54)c4ccccc4c(-c4cccc5oc6ccccc6c45)c3c2)c(C)c1[B]. The second-order valence-corrected chi connectivity index (χ2v) is 13.6. The van der Waals surface area contributed by atoms with Gasteiger partial charge in [0.1, 0.15) is 48.4 Å². The van der Waals surface area contributed by atoms with E-state index < -0.39 is 0 Å². The van der Waals surface area contributed by atoms with Gasteiger partial charge in [0.25, 0.3) is 0 Å². The molecule has 0 saturated carbocycles. The first kappa shape index (κ1) is 31.5. The molecule has 0 spiro atoms. The Labute approximate surface area is 311 Å². The Balaban J connectivity index is 1.42. The molecule has 0 unspecified atom stereocenters. The molecule has 2 aromatic heterocycles. The first-order valence-electron chi connectivity index (χ1n) is 17.6. The highest BCUT2D eigenvalue weighted by Gasteiger charge is 2.24. The maximum atomic E-state index is 6.76. The van der Waals surface area contributed by atoms with Crippen molar-refractivity contribution in [3.05, 3.63) is 145 Å². The normalized spacial score (nSPS) is 11.8. The summed E-state index contributed by atoms with van der Waals surface area (Å²) in [5.41, 5.74) is 11.7. The van der Waals surface area contributed by atoms with Gasteiger partial charge in [-0.15, -0.1) is 16.4 Å². The number of nitrogens with zero attached hydrogens (tertiary/aromatic N) is 2. The van der Waals surface area contributed by atoms with Gasteiger partial charge in [-0.1, -0.05) is 120 Å². The first-order valence-corrected chi connectivity index (χ1v) is 17.6. The van der Waals surface area contributed by atoms with E-state index >= 15 is 0 Å². The monoisotopic (exact) mass is 666 g/mol. The van der Waals surface area contributed by atoms with Crippen molar-refractivity contribution in [1.29, 1.82) is 0 Å². The zero-order chi connectivity index (χ0) is 36.0. The van der Waals surface area contributed by atoms with E-state index in [0.29, 0.717) is 16.4 Å². The van der Waals surface area contributed by atoms with Gasteiger partial charge < -0.3 is 4.42 Å². The predicted octanol–water partition coefficient (Wildman–Crippen LogP) is 7.72. The number of furan rings is 1. The van der Waals surface area contributed by atoms with Gasteiger partial charge in [-0.3, -0.25) is 4.57 Å². The van der Waals surface area contributed by atoms with E-state index in [1.54, 1.807) is 0 Å². The predicted molar refractivity (Wildman–Crippen MR) is 226 cm³/mol. The molecule has 53 heavy (non-hydrogen) atoms. The largest absolute Gasteiger partial charge is 0.456 e. The van der Waals surface area contributed by atoms with Crippen molar-refractivity contribution in [2.24, 2.45) is 0 Å². The second-order valence-electron chi connectivity index (χ2n) is 13.6. The fraction of sp³-hybridized carbons (Fsp3) is 0.0217. The minimum absolute atomic E-state index is 0.287. The summed E-state index contributed by atoms with van der Waals surface area (Å²) < 4.78 is 8.74. The second kappa shape index (κ2) is 11.9. The van der Waals surface area contributed by atoms with Crippen LogP contribution in [-0.2, 0) is 0 Å². The summed E-state index contributed by atoms with van der Waals surface area (Å²) in [5, 5.41) is 6.36. The summed E-state index contributed by atoms with van der Waals surface area (Å²) in [5.74, 6) is 0.859. The van der Waals surface area contributed by atoms with Crippen LogP contribution in [0.3, 0.4) is 0 Å². The summed E-state index contributed by atoms with van der Waals surface area (Å²) in [6.07, 6.45) is 0. The topological polar surface area (TPSA) is 31.0 Å². The van der Waals surface area contributed by atoms with Crippen molar-refractivity contribution in [3.8, 4) is 39.3 Å². The van der Waals surface area contributed by atoms with Crippen LogP contribution in [0.1, 0.15) is 5.56 Å². The molecule has 3 nitrogen and oxygen atoms in total. The number of fused-ring (bicyclic) bond motifs is 6. The van der Waals surface area contributed by atoms with Crippen molar-refractivity contribution >= 4 is 108 Å². The van der Waals surface area contributed by atoms with Crippen LogP contribution in [-0.4, -0.2) is 40.9 Å². The average Bonchev–Trinajstić information content (AvgIpc) is 3.78. The lowest BCUT2D eigenvalue weighted by molar-refractivity contribution is 0.669. The molecule has 0 aliphatic heterocycles. The molecule has 0 saturated heterocycles. The van der Waals surface area contributed by atoms with Gasteiger partial charge in [0, 0.05) is 27.1 Å². The molecule has 0 aliphatic carbocycles. The van der Waals surface area contributed by atoms with Crippen LogP contribution in [0.4, 0.5) is 0 Å². The van der Waals surface area contributed by atoms with Crippen LogP contribution in [0.5, 0.6) is 0 Å². The number of imidazole rings is 1. The van der Waals surface area contributed by atoms with Crippen molar-refractivity contribution < 1.29 is 4.42 Å². The van der Waals surface area contributed by atoms with Crippen LogP contribution in [0.25, 0.3) is 93.8 Å². The highest BCUT2D eigenvalue weighted by atomic mass is 16.3. The number of benzene rings is 8. The van der Waals surface area contributed by atoms with Crippen LogP contribution >= 0.6 is 0 Å². The molecule has 0 N–H and O–H groups in total. The van der Waals surface area contributed by atoms with E-state index in [4.69, 9.17) is 40.8 Å². The van der Waals surface area contributed by atoms with Crippen molar-refractivity contribution in [1.82, 2.24) is 9.55 Å². The van der Waals surface area contributed by atoms with Gasteiger partial charge >= 0.3 is 0 Å². The molecular formula is C46H26B4N2O. The summed E-state index contributed by atoms with van der Waals surface area (Å²) in [6, 6.07) is 48.3. The van der Waals surface area contributed by atoms with Crippen LogP contribution in [0.15, 0.2) is 144 Å². The molecule has 238 valence electrons. The van der Waals surface area contributed by atoms with Gasteiger partial charge in [0.05, 0.1) is 16.7 Å². The summed E-state index contributed by atoms with van der Waals surface area (Å²) in [6.45, 7) is 1.94. The molecule has 10 aromatic rings. The van der Waals surface area contributed by atoms with Gasteiger partial charge in [-0.05, 0) is 70.3 Å². The van der Waals surface area contributed by atoms with E-state index in [1.165, 1.54) is 0 Å². The van der Waals surface area contributed by atoms with Crippen LogP contribution in [0.2, 0.25) is 0 Å². The smallest absolute Gasteiger partial charge is 0.145 e. The van der Waals surface area contributed by atoms with E-state index in [9.17, 15) is 0 Å². The zero-order valence-corrected chi connectivity index (χ0v) is 28.9. The number of aromatic nitrogens is 2. The maximum absolute atomic E-state index is 6.76. The Hall–Kier alpha value is -6.19. The lowest BCUT2D eigenvalue weighted by Gasteiger charge is -2.23. The average molecular weight is 666 g/mol. The molecule has 10 rings (SSSR count). The Morgan fingerprint density at radius 1 is 0.509 bits per heavy atom. The molecule has 7 heteroatoms. The number of hydrogen-bond acceptors (Lipinski definition) is 2. The number of para-hydroxylation sites is 3. The molecule has 0 atom stereocenters. The minimum atomic E-state index is 0.287. The third-order valence-electron chi connectivity index (χ3n) is 10.7. The summed E-state index contributed by atoms with van der Waals surface area (Å²) in [7, 11) is 26.1. The Morgan fingerprint density at radius 3 is 2.00 bits per heavy atom. The maximum Gasteiger partial charge on any atom is 0.145 e. The molecule has 0 bridgehead atoms. The van der Waals surface area contributed by atoms with Crippen LogP contribution in [0, 0.1) is 6.92 Å². The molecular weight excluding hydrogens is 640 g/mol. The Bertz CT molecular complexity index is 3100. The van der Waals surface area contributed by atoms with E-state index in [1.807, 2.05) is 37.3 Å². The Kier molecular flexibility index (Phi) is 7.10. The number of hydrogen-bond donors (Lipinski definition) is 0. The fourth-order valence-electron chi connectivity index (χ4n) is 8.19.